The van der Waals surface area contributed by atoms with Crippen LogP contribution in [0.4, 0.5) is 5.13 Å². The van der Waals surface area contributed by atoms with E-state index in [4.69, 9.17) is 21.0 Å². The van der Waals surface area contributed by atoms with Gasteiger partial charge in [-0.05, 0) is 36.6 Å². The van der Waals surface area contributed by atoms with E-state index in [0.29, 0.717) is 5.92 Å². The second kappa shape index (κ2) is 7.19. The van der Waals surface area contributed by atoms with Crippen molar-refractivity contribution in [2.24, 2.45) is 5.73 Å². The summed E-state index contributed by atoms with van der Waals surface area (Å²) in [5.74, 6) is 0.582. The number of thiophene rings is 1. The van der Waals surface area contributed by atoms with E-state index in [2.05, 4.69) is 27.8 Å². The number of rotatable bonds is 2. The largest absolute Gasteiger partial charge is 0.483 e. The highest BCUT2D eigenvalue weighted by Crippen LogP contribution is 2.38. The van der Waals surface area contributed by atoms with Crippen LogP contribution in [0.2, 0.25) is 0 Å². The molecule has 0 spiro atoms. The molecule has 5 N–H and O–H groups in total. The van der Waals surface area contributed by atoms with Gasteiger partial charge in [-0.15, -0.1) is 22.7 Å². The molecule has 6 nitrogen and oxygen atoms in total. The third-order valence-corrected chi connectivity index (χ3v) is 5.20. The van der Waals surface area contributed by atoms with Crippen molar-refractivity contribution >= 4 is 40.2 Å². The van der Waals surface area contributed by atoms with Gasteiger partial charge in [0.2, 0.25) is 0 Å². The Morgan fingerprint density at radius 1 is 1.62 bits per heavy atom. The summed E-state index contributed by atoms with van der Waals surface area (Å²) in [6.45, 7) is -0.250. The molecule has 0 bridgehead atoms. The Morgan fingerprint density at radius 3 is 3.00 bits per heavy atom. The summed E-state index contributed by atoms with van der Waals surface area (Å²) in [6.07, 6.45) is 3.25. The number of carbonyl (C=O) groups is 1. The number of nitrogens with two attached hydrogens (primary N) is 1. The Balaban J connectivity index is 0.000000497. The topological polar surface area (TPSA) is 112 Å². The first kappa shape index (κ1) is 15.5. The number of carboxylic acid groups (broad SMARTS) is 1. The van der Waals surface area contributed by atoms with E-state index in [0.717, 1.165) is 24.4 Å². The molecule has 0 fully saturated rings. The summed E-state index contributed by atoms with van der Waals surface area (Å²) < 4.78 is 0. The lowest BCUT2D eigenvalue weighted by Crippen LogP contribution is -2.20. The average Bonchev–Trinajstić information content (AvgIpc) is 3.06. The van der Waals surface area contributed by atoms with Gasteiger partial charge in [0, 0.05) is 9.75 Å². The molecule has 112 valence electrons. The third-order valence-electron chi connectivity index (χ3n) is 3.13. The van der Waals surface area contributed by atoms with E-state index in [1.165, 1.54) is 15.4 Å². The van der Waals surface area contributed by atoms with Gasteiger partial charge in [-0.2, -0.15) is 0 Å². The average molecular weight is 324 g/mol. The molecule has 0 aliphatic heterocycles. The van der Waals surface area contributed by atoms with Crippen molar-refractivity contribution < 1.29 is 9.90 Å². The van der Waals surface area contributed by atoms with Crippen molar-refractivity contribution in [2.45, 2.75) is 25.2 Å². The van der Waals surface area contributed by atoms with Crippen LogP contribution in [0.1, 0.15) is 27.8 Å². The van der Waals surface area contributed by atoms with E-state index < -0.39 is 0 Å². The Morgan fingerprint density at radius 2 is 2.38 bits per heavy atom. The number of anilines is 1. The molecule has 0 amide bonds. The monoisotopic (exact) mass is 324 g/mol. The van der Waals surface area contributed by atoms with E-state index in [1.807, 2.05) is 11.3 Å². The fraction of sp³-hybridized carbons (Fsp3) is 0.308. The van der Waals surface area contributed by atoms with Crippen LogP contribution in [0.3, 0.4) is 0 Å². The minimum absolute atomic E-state index is 0.0455. The van der Waals surface area contributed by atoms with Crippen LogP contribution in [0.5, 0.6) is 0 Å². The highest BCUT2D eigenvalue weighted by molar-refractivity contribution is 7.16. The molecule has 0 radical (unpaired) electrons. The molecule has 0 saturated carbocycles. The number of hydrogen-bond donors (Lipinski definition) is 4. The van der Waals surface area contributed by atoms with Crippen molar-refractivity contribution in [3.05, 3.63) is 33.0 Å². The summed E-state index contributed by atoms with van der Waals surface area (Å²) in [6, 6.07) is 4.33. The predicted octanol–water partition coefficient (Wildman–Crippen LogP) is 2.48. The van der Waals surface area contributed by atoms with Gasteiger partial charge in [-0.25, -0.2) is 4.98 Å². The number of aryl methyl sites for hydroxylation is 1. The van der Waals surface area contributed by atoms with Gasteiger partial charge in [0.05, 0.1) is 5.69 Å². The Hall–Kier alpha value is -1.93. The summed E-state index contributed by atoms with van der Waals surface area (Å²) in [4.78, 5) is 15.7. The molecule has 1 unspecified atom stereocenters. The number of nitrogens with one attached hydrogen (secondary N) is 2. The molecule has 2 heterocycles. The van der Waals surface area contributed by atoms with Gasteiger partial charge in [0.25, 0.3) is 6.47 Å². The minimum Gasteiger partial charge on any atom is -0.483 e. The quantitative estimate of drug-likeness (QED) is 0.385. The first-order chi connectivity index (χ1) is 10.1. The molecule has 0 aromatic carbocycles. The standard InChI is InChI=1S/C12H14N4S2.CH2O2/c13-11(14)16-12-15-8-4-3-7(6-10(8)18-12)9-2-1-5-17-9;2-1-3/h1-2,5,7H,3-4,6H2,(H4,13,14,15,16);1H,(H,2,3). The van der Waals surface area contributed by atoms with Crippen LogP contribution in [0.25, 0.3) is 0 Å². The zero-order valence-corrected chi connectivity index (χ0v) is 12.8. The molecule has 1 atom stereocenters. The van der Waals surface area contributed by atoms with E-state index >= 15 is 0 Å². The Kier molecular flexibility index (Phi) is 5.29. The second-order valence-corrected chi connectivity index (χ2v) is 6.55. The van der Waals surface area contributed by atoms with E-state index in [-0.39, 0.29) is 12.4 Å². The molecule has 1 aliphatic carbocycles. The van der Waals surface area contributed by atoms with Gasteiger partial charge < -0.3 is 16.2 Å². The van der Waals surface area contributed by atoms with Gasteiger partial charge in [0.1, 0.15) is 0 Å². The predicted molar refractivity (Wildman–Crippen MR) is 85.4 cm³/mol. The van der Waals surface area contributed by atoms with Gasteiger partial charge in [-0.1, -0.05) is 6.07 Å². The summed E-state index contributed by atoms with van der Waals surface area (Å²) >= 11 is 3.46. The smallest absolute Gasteiger partial charge is 0.290 e. The number of nitrogens with zero attached hydrogens (tertiary/aromatic N) is 1. The number of hydrogen-bond acceptors (Lipinski definition) is 5. The van der Waals surface area contributed by atoms with Crippen LogP contribution >= 0.6 is 22.7 Å². The zero-order chi connectivity index (χ0) is 15.2. The maximum Gasteiger partial charge on any atom is 0.290 e. The Labute approximate surface area is 130 Å². The number of fused-ring (bicyclic) bond motifs is 1. The maximum absolute atomic E-state index is 8.36. The minimum atomic E-state index is -0.250. The Bertz CT molecular complexity index is 610. The molecule has 3 rings (SSSR count). The van der Waals surface area contributed by atoms with Crippen LogP contribution in [-0.2, 0) is 17.6 Å². The van der Waals surface area contributed by atoms with Crippen LogP contribution < -0.4 is 11.1 Å². The van der Waals surface area contributed by atoms with Gasteiger partial charge in [-0.3, -0.25) is 10.2 Å². The van der Waals surface area contributed by atoms with Crippen molar-refractivity contribution in [3.63, 3.8) is 0 Å². The number of guanidine groups is 1. The summed E-state index contributed by atoms with van der Waals surface area (Å²) in [7, 11) is 0. The molecule has 0 saturated heterocycles. The molecule has 2 aromatic rings. The van der Waals surface area contributed by atoms with Crippen molar-refractivity contribution in [1.29, 1.82) is 5.41 Å². The summed E-state index contributed by atoms with van der Waals surface area (Å²) in [5.41, 5.74) is 6.50. The van der Waals surface area contributed by atoms with Gasteiger partial charge >= 0.3 is 0 Å². The third kappa shape index (κ3) is 4.02. The van der Waals surface area contributed by atoms with Crippen LogP contribution in [0, 0.1) is 5.41 Å². The maximum atomic E-state index is 8.36. The van der Waals surface area contributed by atoms with Crippen molar-refractivity contribution in [2.75, 3.05) is 5.32 Å². The highest BCUT2D eigenvalue weighted by Gasteiger charge is 2.24. The number of thiazole rings is 1. The first-order valence-electron chi connectivity index (χ1n) is 6.35. The van der Waals surface area contributed by atoms with Crippen LogP contribution in [0.15, 0.2) is 17.5 Å². The second-order valence-electron chi connectivity index (χ2n) is 4.49. The summed E-state index contributed by atoms with van der Waals surface area (Å²) in [5, 5.41) is 19.8. The number of aromatic nitrogens is 1. The first-order valence-corrected chi connectivity index (χ1v) is 8.04. The lowest BCUT2D eigenvalue weighted by atomic mass is 9.90. The SMILES string of the molecule is N=C(N)Nc1nc2c(s1)CC(c1cccs1)CC2.O=CO. The van der Waals surface area contributed by atoms with Gasteiger partial charge in [0.15, 0.2) is 11.1 Å². The molecule has 1 aliphatic rings. The molecular formula is C13H16N4O2S2. The highest BCUT2D eigenvalue weighted by atomic mass is 32.1. The lowest BCUT2D eigenvalue weighted by molar-refractivity contribution is -0.122. The molecule has 21 heavy (non-hydrogen) atoms. The zero-order valence-electron chi connectivity index (χ0n) is 11.2. The fourth-order valence-electron chi connectivity index (χ4n) is 2.31. The molecule has 2 aromatic heterocycles. The van der Waals surface area contributed by atoms with E-state index in [9.17, 15) is 0 Å². The van der Waals surface area contributed by atoms with Crippen LogP contribution in [-0.4, -0.2) is 22.5 Å². The normalized spacial score (nSPS) is 16.3. The van der Waals surface area contributed by atoms with Crippen molar-refractivity contribution in [3.8, 4) is 0 Å². The lowest BCUT2D eigenvalue weighted by Gasteiger charge is -2.19. The molecule has 8 heteroatoms. The fourth-order valence-corrected chi connectivity index (χ4v) is 4.28. The van der Waals surface area contributed by atoms with E-state index in [1.54, 1.807) is 11.3 Å². The van der Waals surface area contributed by atoms with Crippen molar-refractivity contribution in [1.82, 2.24) is 4.98 Å². The molecular weight excluding hydrogens is 308 g/mol.